The minimum absolute atomic E-state index is 0.111. The number of nitrogens with zero attached hydrogens (tertiary/aromatic N) is 2. The molecule has 8 nitrogen and oxygen atoms in total. The van der Waals surface area contributed by atoms with E-state index >= 15 is 0 Å². The molecule has 0 aliphatic carbocycles. The maximum Gasteiger partial charge on any atom is 0.240 e. The molecule has 2 N–H and O–H groups in total. The number of carbonyl (C=O) groups is 2. The summed E-state index contributed by atoms with van der Waals surface area (Å²) in [6.07, 6.45) is 8.43. The molecule has 2 amide bonds. The highest BCUT2D eigenvalue weighted by molar-refractivity contribution is 5.83. The van der Waals surface area contributed by atoms with Crippen LogP contribution in [0.15, 0.2) is 119 Å². The van der Waals surface area contributed by atoms with Crippen LogP contribution in [0.4, 0.5) is 0 Å². The number of carbonyl (C=O) groups excluding carboxylic acids is 2. The second kappa shape index (κ2) is 19.1. The van der Waals surface area contributed by atoms with Gasteiger partial charge in [0.2, 0.25) is 11.8 Å². The number of ether oxygens (including phenoxy) is 2. The summed E-state index contributed by atoms with van der Waals surface area (Å²) < 4.78 is 11.6. The van der Waals surface area contributed by atoms with Crippen molar-refractivity contribution in [2.24, 2.45) is 10.2 Å². The van der Waals surface area contributed by atoms with E-state index in [0.717, 1.165) is 65.9 Å². The van der Waals surface area contributed by atoms with Crippen molar-refractivity contribution in [3.05, 3.63) is 131 Å². The van der Waals surface area contributed by atoms with Crippen LogP contribution >= 0.6 is 0 Å². The monoisotopic (exact) mass is 604 g/mol. The molecule has 0 aliphatic heterocycles. The molecule has 0 fully saturated rings. The number of unbranched alkanes of at least 4 members (excludes halogenated alkanes) is 4. The molecule has 0 aliphatic rings. The highest BCUT2D eigenvalue weighted by atomic mass is 16.5. The molecule has 0 saturated heterocycles. The van der Waals surface area contributed by atoms with Crippen molar-refractivity contribution in [2.75, 3.05) is 0 Å². The van der Waals surface area contributed by atoms with E-state index < -0.39 is 0 Å². The van der Waals surface area contributed by atoms with Crippen molar-refractivity contribution in [3.8, 4) is 11.5 Å². The van der Waals surface area contributed by atoms with Gasteiger partial charge in [-0.2, -0.15) is 10.2 Å². The Labute approximate surface area is 265 Å². The van der Waals surface area contributed by atoms with Gasteiger partial charge in [-0.25, -0.2) is 10.9 Å². The predicted molar refractivity (Wildman–Crippen MR) is 178 cm³/mol. The van der Waals surface area contributed by atoms with Crippen molar-refractivity contribution in [3.63, 3.8) is 0 Å². The molecule has 232 valence electrons. The van der Waals surface area contributed by atoms with Crippen molar-refractivity contribution >= 4 is 24.2 Å². The maximum atomic E-state index is 12.1. The Bertz CT molecular complexity index is 1370. The molecule has 0 saturated carbocycles. The summed E-state index contributed by atoms with van der Waals surface area (Å²) in [5.74, 6) is 1.33. The molecule has 4 rings (SSSR count). The molecule has 0 atom stereocenters. The van der Waals surface area contributed by atoms with E-state index in [1.165, 1.54) is 0 Å². The zero-order valence-electron chi connectivity index (χ0n) is 25.4. The molecule has 0 aromatic heterocycles. The van der Waals surface area contributed by atoms with Crippen molar-refractivity contribution in [1.29, 1.82) is 0 Å². The molecule has 0 radical (unpaired) electrons. The number of hydrogen-bond acceptors (Lipinski definition) is 6. The Morgan fingerprint density at radius 1 is 0.511 bits per heavy atom. The van der Waals surface area contributed by atoms with E-state index in [4.69, 9.17) is 9.47 Å². The average Bonchev–Trinajstić information content (AvgIpc) is 3.08. The van der Waals surface area contributed by atoms with Gasteiger partial charge in [-0.15, -0.1) is 0 Å². The molecule has 0 spiro atoms. The number of hydrogen-bond donors (Lipinski definition) is 2. The van der Waals surface area contributed by atoms with Gasteiger partial charge in [0.05, 0.1) is 12.4 Å². The fraction of sp³-hybridized carbons (Fsp3) is 0.243. The molecule has 0 bridgehead atoms. The van der Waals surface area contributed by atoms with E-state index in [-0.39, 0.29) is 11.8 Å². The van der Waals surface area contributed by atoms with Crippen LogP contribution in [0.5, 0.6) is 11.5 Å². The van der Waals surface area contributed by atoms with E-state index in [9.17, 15) is 9.59 Å². The van der Waals surface area contributed by atoms with E-state index in [1.54, 1.807) is 12.4 Å². The van der Waals surface area contributed by atoms with Crippen LogP contribution in [-0.2, 0) is 22.8 Å². The van der Waals surface area contributed by atoms with Gasteiger partial charge in [0.1, 0.15) is 24.7 Å². The number of rotatable bonds is 18. The molecular formula is C37H40N4O4. The van der Waals surface area contributed by atoms with Crippen LogP contribution < -0.4 is 20.3 Å². The summed E-state index contributed by atoms with van der Waals surface area (Å²) in [5.41, 5.74) is 9.13. The summed E-state index contributed by atoms with van der Waals surface area (Å²) in [7, 11) is 0. The molecule has 4 aromatic rings. The Morgan fingerprint density at radius 2 is 0.889 bits per heavy atom. The number of amides is 2. The normalized spacial score (nSPS) is 11.0. The van der Waals surface area contributed by atoms with Gasteiger partial charge in [0.15, 0.2) is 0 Å². The van der Waals surface area contributed by atoms with Gasteiger partial charge in [-0.1, -0.05) is 79.9 Å². The summed E-state index contributed by atoms with van der Waals surface area (Å²) in [6.45, 7) is 1.02. The first-order chi connectivity index (χ1) is 22.1. The molecular weight excluding hydrogens is 564 g/mol. The maximum absolute atomic E-state index is 12.1. The largest absolute Gasteiger partial charge is 0.489 e. The third kappa shape index (κ3) is 13.3. The summed E-state index contributed by atoms with van der Waals surface area (Å²) >= 11 is 0. The fourth-order valence-electron chi connectivity index (χ4n) is 4.35. The first-order valence-electron chi connectivity index (χ1n) is 15.3. The van der Waals surface area contributed by atoms with Gasteiger partial charge < -0.3 is 9.47 Å². The smallest absolute Gasteiger partial charge is 0.240 e. The molecule has 0 heterocycles. The lowest BCUT2D eigenvalue weighted by molar-refractivity contribution is -0.121. The summed E-state index contributed by atoms with van der Waals surface area (Å²) in [4.78, 5) is 24.1. The van der Waals surface area contributed by atoms with Crippen molar-refractivity contribution < 1.29 is 19.1 Å². The van der Waals surface area contributed by atoms with Crippen LogP contribution in [0, 0.1) is 0 Å². The first kappa shape index (κ1) is 32.7. The Morgan fingerprint density at radius 3 is 1.29 bits per heavy atom. The number of nitrogens with one attached hydrogen (secondary N) is 2. The SMILES string of the molecule is O=C(CCCCCCCC(=O)N/N=C\c1ccc(OCc2ccccc2)cc1)N/N=C\c1ccc(OCc2ccccc2)cc1. The minimum Gasteiger partial charge on any atom is -0.489 e. The molecule has 4 aromatic carbocycles. The van der Waals surface area contributed by atoms with Gasteiger partial charge in [0, 0.05) is 12.8 Å². The van der Waals surface area contributed by atoms with Gasteiger partial charge in [-0.05, 0) is 83.6 Å². The first-order valence-corrected chi connectivity index (χ1v) is 15.3. The Balaban J connectivity index is 0.987. The summed E-state index contributed by atoms with van der Waals surface area (Å²) in [5, 5.41) is 8.10. The summed E-state index contributed by atoms with van der Waals surface area (Å²) in [6, 6.07) is 35.1. The van der Waals surface area contributed by atoms with Crippen LogP contribution in [0.2, 0.25) is 0 Å². The Hall–Kier alpha value is -5.24. The second-order valence-corrected chi connectivity index (χ2v) is 10.5. The van der Waals surface area contributed by atoms with Gasteiger partial charge >= 0.3 is 0 Å². The van der Waals surface area contributed by atoms with Crippen LogP contribution in [-0.4, -0.2) is 24.2 Å². The molecule has 45 heavy (non-hydrogen) atoms. The lowest BCUT2D eigenvalue weighted by Crippen LogP contribution is -2.17. The predicted octanol–water partition coefficient (Wildman–Crippen LogP) is 7.18. The minimum atomic E-state index is -0.111. The lowest BCUT2D eigenvalue weighted by Gasteiger charge is -2.06. The van der Waals surface area contributed by atoms with Crippen LogP contribution in [0.25, 0.3) is 0 Å². The topological polar surface area (TPSA) is 101 Å². The van der Waals surface area contributed by atoms with Gasteiger partial charge in [-0.3, -0.25) is 9.59 Å². The zero-order valence-corrected chi connectivity index (χ0v) is 25.4. The lowest BCUT2D eigenvalue weighted by atomic mass is 10.1. The van der Waals surface area contributed by atoms with Crippen molar-refractivity contribution in [2.45, 2.75) is 58.2 Å². The van der Waals surface area contributed by atoms with Crippen LogP contribution in [0.1, 0.15) is 67.2 Å². The second-order valence-electron chi connectivity index (χ2n) is 10.5. The zero-order chi connectivity index (χ0) is 31.4. The standard InChI is InChI=1S/C37H40N4O4/c42-36(40-38-26-30-18-22-34(23-19-30)44-28-32-12-6-4-7-13-32)16-10-2-1-3-11-17-37(43)41-39-27-31-20-24-35(25-21-31)45-29-33-14-8-5-9-15-33/h4-9,12-15,18-27H,1-3,10-11,16-17,28-29H2,(H,40,42)(H,41,43)/b38-26-,39-27-. The van der Waals surface area contributed by atoms with Crippen LogP contribution in [0.3, 0.4) is 0 Å². The quantitative estimate of drug-likeness (QED) is 0.0714. The van der Waals surface area contributed by atoms with E-state index in [0.29, 0.717) is 26.1 Å². The Kier molecular flexibility index (Phi) is 13.9. The number of benzene rings is 4. The third-order valence-corrected chi connectivity index (χ3v) is 6.87. The fourth-order valence-corrected chi connectivity index (χ4v) is 4.35. The van der Waals surface area contributed by atoms with E-state index in [2.05, 4.69) is 21.1 Å². The average molecular weight is 605 g/mol. The number of hydrazone groups is 2. The highest BCUT2D eigenvalue weighted by Crippen LogP contribution is 2.15. The molecule has 8 heteroatoms. The molecule has 0 unspecified atom stereocenters. The van der Waals surface area contributed by atoms with E-state index in [1.807, 2.05) is 109 Å². The van der Waals surface area contributed by atoms with Crippen molar-refractivity contribution in [1.82, 2.24) is 10.9 Å². The third-order valence-electron chi connectivity index (χ3n) is 6.87. The van der Waals surface area contributed by atoms with Gasteiger partial charge in [0.25, 0.3) is 0 Å². The highest BCUT2D eigenvalue weighted by Gasteiger charge is 2.02.